The highest BCUT2D eigenvalue weighted by molar-refractivity contribution is 5.68. The van der Waals surface area contributed by atoms with E-state index in [2.05, 4.69) is 95.5 Å². The third-order valence-electron chi connectivity index (χ3n) is 6.63. The number of allylic oxidation sites excluding steroid dienone is 13. The van der Waals surface area contributed by atoms with Crippen molar-refractivity contribution in [2.45, 2.75) is 41.0 Å². The van der Waals surface area contributed by atoms with E-state index in [-0.39, 0.29) is 5.41 Å². The third-order valence-corrected chi connectivity index (χ3v) is 6.63. The number of fused-ring (bicyclic) bond motifs is 1. The van der Waals surface area contributed by atoms with E-state index in [1.54, 1.807) is 0 Å². The standard InChI is InChI=1S/C26H31N/c1-17(2)19-13-12-18(3)16-27-25-21-10-6-8-20-9-7-11-22(24(20)21)26(4,5)23(25)15-14-19/h6-14,16-18,22,24H,15H2,1-5H3/b13-12-,19-14+,27-16?. The van der Waals surface area contributed by atoms with Crippen LogP contribution in [0.2, 0.25) is 0 Å². The highest BCUT2D eigenvalue weighted by Crippen LogP contribution is 2.56. The molecular weight excluding hydrogens is 326 g/mol. The molecule has 3 unspecified atom stereocenters. The summed E-state index contributed by atoms with van der Waals surface area (Å²) in [4.78, 5) is 5.09. The maximum absolute atomic E-state index is 5.09. The second-order valence-electron chi connectivity index (χ2n) is 9.14. The highest BCUT2D eigenvalue weighted by Gasteiger charge is 2.46. The molecule has 0 amide bonds. The molecule has 0 aromatic heterocycles. The van der Waals surface area contributed by atoms with Crippen molar-refractivity contribution in [3.05, 3.63) is 82.7 Å². The topological polar surface area (TPSA) is 12.4 Å². The lowest BCUT2D eigenvalue weighted by Crippen LogP contribution is -2.39. The van der Waals surface area contributed by atoms with Crippen molar-refractivity contribution < 1.29 is 0 Å². The van der Waals surface area contributed by atoms with E-state index < -0.39 is 0 Å². The Kier molecular flexibility index (Phi) is 4.58. The van der Waals surface area contributed by atoms with E-state index in [1.165, 1.54) is 28.0 Å². The Bertz CT molecular complexity index is 877. The second kappa shape index (κ2) is 6.78. The van der Waals surface area contributed by atoms with Crippen LogP contribution in [-0.4, -0.2) is 6.21 Å². The molecule has 4 rings (SSSR count). The Morgan fingerprint density at radius 3 is 2.67 bits per heavy atom. The average Bonchev–Trinajstić information content (AvgIpc) is 2.64. The van der Waals surface area contributed by atoms with Gasteiger partial charge in [0.05, 0.1) is 5.70 Å². The van der Waals surface area contributed by atoms with E-state index in [4.69, 9.17) is 4.99 Å². The molecule has 0 saturated heterocycles. The molecule has 140 valence electrons. The number of hydrogen-bond acceptors (Lipinski definition) is 1. The van der Waals surface area contributed by atoms with Gasteiger partial charge in [0, 0.05) is 18.1 Å². The minimum absolute atomic E-state index is 0.0839. The predicted molar refractivity (Wildman–Crippen MR) is 117 cm³/mol. The van der Waals surface area contributed by atoms with E-state index in [0.717, 1.165) is 6.42 Å². The Hall–Kier alpha value is -2.15. The van der Waals surface area contributed by atoms with Crippen molar-refractivity contribution >= 4 is 6.21 Å². The van der Waals surface area contributed by atoms with Crippen LogP contribution in [0.15, 0.2) is 87.7 Å². The minimum atomic E-state index is 0.0839. The smallest absolute Gasteiger partial charge is 0.0665 e. The normalized spacial score (nSPS) is 34.3. The molecule has 0 aromatic carbocycles. The van der Waals surface area contributed by atoms with Gasteiger partial charge in [-0.15, -0.1) is 0 Å². The van der Waals surface area contributed by atoms with Gasteiger partial charge in [-0.25, -0.2) is 0 Å². The molecule has 0 saturated carbocycles. The molecule has 1 heteroatoms. The fourth-order valence-electron chi connectivity index (χ4n) is 4.90. The van der Waals surface area contributed by atoms with Crippen LogP contribution >= 0.6 is 0 Å². The van der Waals surface area contributed by atoms with Gasteiger partial charge in [0.15, 0.2) is 0 Å². The van der Waals surface area contributed by atoms with Crippen molar-refractivity contribution in [1.29, 1.82) is 0 Å². The van der Waals surface area contributed by atoms with E-state index in [9.17, 15) is 0 Å². The number of rotatable bonds is 1. The molecule has 0 fully saturated rings. The van der Waals surface area contributed by atoms with Crippen molar-refractivity contribution in [2.75, 3.05) is 0 Å². The molecule has 4 aliphatic rings. The average molecular weight is 358 g/mol. The molecule has 3 atom stereocenters. The summed E-state index contributed by atoms with van der Waals surface area (Å²) in [6.45, 7) is 11.6. The van der Waals surface area contributed by atoms with Crippen LogP contribution in [0.4, 0.5) is 0 Å². The van der Waals surface area contributed by atoms with Crippen molar-refractivity contribution in [3.63, 3.8) is 0 Å². The summed E-state index contributed by atoms with van der Waals surface area (Å²) in [6, 6.07) is 0. The Balaban J connectivity index is 1.92. The minimum Gasteiger partial charge on any atom is -0.260 e. The van der Waals surface area contributed by atoms with Crippen LogP contribution in [0, 0.1) is 29.1 Å². The first-order chi connectivity index (χ1) is 12.9. The summed E-state index contributed by atoms with van der Waals surface area (Å²) in [5.74, 6) is 1.80. The van der Waals surface area contributed by atoms with Gasteiger partial charge in [0.25, 0.3) is 0 Å². The van der Waals surface area contributed by atoms with E-state index in [0.29, 0.717) is 23.7 Å². The molecule has 0 aromatic rings. The molecule has 27 heavy (non-hydrogen) atoms. The number of hydrogen-bond donors (Lipinski definition) is 0. The fraction of sp³-hybridized carbons (Fsp3) is 0.423. The predicted octanol–water partition coefficient (Wildman–Crippen LogP) is 6.75. The monoisotopic (exact) mass is 357 g/mol. The molecule has 1 aliphatic heterocycles. The molecule has 0 radical (unpaired) electrons. The first-order valence-corrected chi connectivity index (χ1v) is 10.3. The Labute approximate surface area is 164 Å². The van der Waals surface area contributed by atoms with Gasteiger partial charge in [0.2, 0.25) is 0 Å². The first-order valence-electron chi connectivity index (χ1n) is 10.3. The summed E-state index contributed by atoms with van der Waals surface area (Å²) >= 11 is 0. The summed E-state index contributed by atoms with van der Waals surface area (Å²) in [5.41, 5.74) is 7.06. The maximum atomic E-state index is 5.09. The van der Waals surface area contributed by atoms with Gasteiger partial charge in [-0.1, -0.05) is 89.3 Å². The first kappa shape index (κ1) is 18.2. The van der Waals surface area contributed by atoms with E-state index >= 15 is 0 Å². The van der Waals surface area contributed by atoms with Crippen LogP contribution in [0.3, 0.4) is 0 Å². The van der Waals surface area contributed by atoms with Crippen LogP contribution in [0.1, 0.15) is 41.0 Å². The summed E-state index contributed by atoms with van der Waals surface area (Å²) in [6.07, 6.45) is 23.8. The lowest BCUT2D eigenvalue weighted by Gasteiger charge is -2.48. The van der Waals surface area contributed by atoms with Gasteiger partial charge in [-0.3, -0.25) is 4.99 Å². The molecule has 1 heterocycles. The number of nitrogens with zero attached hydrogens (tertiary/aromatic N) is 1. The molecule has 0 spiro atoms. The molecule has 0 bridgehead atoms. The van der Waals surface area contributed by atoms with Gasteiger partial charge in [-0.05, 0) is 46.0 Å². The SMILES string of the molecule is CC1C=NC2=C(C/C=C(C(C)C)\C=C/1)C(C)(C)C1C=CC=C3C=CC=C2C31. The van der Waals surface area contributed by atoms with Gasteiger partial charge in [0.1, 0.15) is 0 Å². The Morgan fingerprint density at radius 1 is 1.07 bits per heavy atom. The lowest BCUT2D eigenvalue weighted by molar-refractivity contribution is 0.250. The molecule has 1 nitrogen and oxygen atoms in total. The molecule has 0 N–H and O–H groups in total. The lowest BCUT2D eigenvalue weighted by atomic mass is 9.56. The number of aliphatic imine (C=N–C) groups is 1. The quantitative estimate of drug-likeness (QED) is 0.492. The zero-order chi connectivity index (χ0) is 19.2. The van der Waals surface area contributed by atoms with Gasteiger partial charge < -0.3 is 0 Å². The fourth-order valence-corrected chi connectivity index (χ4v) is 4.90. The van der Waals surface area contributed by atoms with Crippen LogP contribution in [0.5, 0.6) is 0 Å². The van der Waals surface area contributed by atoms with Crippen LogP contribution in [0.25, 0.3) is 0 Å². The van der Waals surface area contributed by atoms with Gasteiger partial charge in [-0.2, -0.15) is 0 Å². The molecular formula is C26H31N. The Morgan fingerprint density at radius 2 is 1.89 bits per heavy atom. The zero-order valence-electron chi connectivity index (χ0n) is 17.2. The second-order valence-corrected chi connectivity index (χ2v) is 9.14. The van der Waals surface area contributed by atoms with Gasteiger partial charge >= 0.3 is 0 Å². The largest absolute Gasteiger partial charge is 0.260 e. The van der Waals surface area contributed by atoms with Crippen molar-refractivity contribution in [1.82, 2.24) is 0 Å². The van der Waals surface area contributed by atoms with E-state index in [1.807, 2.05) is 0 Å². The summed E-state index contributed by atoms with van der Waals surface area (Å²) in [5, 5.41) is 0. The van der Waals surface area contributed by atoms with Crippen LogP contribution in [-0.2, 0) is 0 Å². The maximum Gasteiger partial charge on any atom is 0.0665 e. The molecule has 3 aliphatic carbocycles. The third kappa shape index (κ3) is 3.08. The van der Waals surface area contributed by atoms with Crippen molar-refractivity contribution in [3.8, 4) is 0 Å². The van der Waals surface area contributed by atoms with Crippen molar-refractivity contribution in [2.24, 2.45) is 34.1 Å². The summed E-state index contributed by atoms with van der Waals surface area (Å²) in [7, 11) is 0. The highest BCUT2D eigenvalue weighted by atomic mass is 14.8. The summed E-state index contributed by atoms with van der Waals surface area (Å²) < 4.78 is 0. The zero-order valence-corrected chi connectivity index (χ0v) is 17.2. The van der Waals surface area contributed by atoms with Crippen LogP contribution < -0.4 is 0 Å².